The molecule has 10 heteroatoms. The van der Waals surface area contributed by atoms with Crippen LogP contribution in [0.1, 0.15) is 38.8 Å². The number of benzene rings is 3. The lowest BCUT2D eigenvalue weighted by Crippen LogP contribution is -2.23. The van der Waals surface area contributed by atoms with E-state index in [-0.39, 0.29) is 22.7 Å². The van der Waals surface area contributed by atoms with Crippen molar-refractivity contribution in [2.24, 2.45) is 0 Å². The molecule has 4 rings (SSSR count). The first-order valence-corrected chi connectivity index (χ1v) is 9.29. The van der Waals surface area contributed by atoms with Crippen molar-refractivity contribution >= 4 is 40.2 Å². The summed E-state index contributed by atoms with van der Waals surface area (Å²) < 4.78 is 0. The molecule has 0 atom stereocenters. The number of hydrogen-bond acceptors (Lipinski definition) is 8. The van der Waals surface area contributed by atoms with E-state index in [0.717, 1.165) is 12.1 Å². The third-order valence-corrected chi connectivity index (χ3v) is 4.93. The van der Waals surface area contributed by atoms with Gasteiger partial charge in [0, 0.05) is 24.4 Å². The Bertz CT molecular complexity index is 1330. The van der Waals surface area contributed by atoms with Crippen molar-refractivity contribution in [3.8, 4) is 11.5 Å². The van der Waals surface area contributed by atoms with Gasteiger partial charge in [-0.25, -0.2) is 0 Å². The van der Waals surface area contributed by atoms with Crippen LogP contribution in [0.2, 0.25) is 0 Å². The molecule has 10 nitrogen and oxygen atoms in total. The number of phenols is 2. The lowest BCUT2D eigenvalue weighted by Gasteiger charge is -2.22. The average molecular weight is 433 g/mol. The van der Waals surface area contributed by atoms with Gasteiger partial charge in [-0.3, -0.25) is 24.5 Å². The maximum atomic E-state index is 13.3. The standard InChI is InChI=1S/C22H15N3O7/c1-10(26)23-11-2-4-12(5-3-11)24-13-6-8-15(27)19-17(13)21(29)18-14(25(31)32)7-9-16(28)20(18)22(19)30/h2-9,24,27-28H,1H3,(H,23,26). The number of nitrogens with zero attached hydrogens (tertiary/aromatic N) is 1. The van der Waals surface area contributed by atoms with E-state index in [0.29, 0.717) is 11.4 Å². The van der Waals surface area contributed by atoms with Gasteiger partial charge in [-0.15, -0.1) is 0 Å². The number of hydrogen-bond donors (Lipinski definition) is 4. The van der Waals surface area contributed by atoms with Crippen molar-refractivity contribution in [1.29, 1.82) is 0 Å². The second-order valence-corrected chi connectivity index (χ2v) is 7.03. The molecule has 0 bridgehead atoms. The quantitative estimate of drug-likeness (QED) is 0.216. The number of nitro benzene ring substituents is 1. The summed E-state index contributed by atoms with van der Waals surface area (Å²) in [7, 11) is 0. The van der Waals surface area contributed by atoms with E-state index < -0.39 is 44.8 Å². The van der Waals surface area contributed by atoms with Gasteiger partial charge in [0.15, 0.2) is 0 Å². The number of amides is 1. The summed E-state index contributed by atoms with van der Waals surface area (Å²) in [6, 6.07) is 10.9. The molecule has 0 fully saturated rings. The summed E-state index contributed by atoms with van der Waals surface area (Å²) >= 11 is 0. The zero-order valence-corrected chi connectivity index (χ0v) is 16.5. The van der Waals surface area contributed by atoms with Gasteiger partial charge >= 0.3 is 0 Å². The highest BCUT2D eigenvalue weighted by molar-refractivity contribution is 6.33. The minimum Gasteiger partial charge on any atom is -0.507 e. The van der Waals surface area contributed by atoms with Crippen LogP contribution in [0.4, 0.5) is 22.7 Å². The maximum Gasteiger partial charge on any atom is 0.281 e. The number of aromatic hydroxyl groups is 2. The van der Waals surface area contributed by atoms with E-state index >= 15 is 0 Å². The number of carbonyl (C=O) groups excluding carboxylic acids is 3. The topological polar surface area (TPSA) is 159 Å². The van der Waals surface area contributed by atoms with E-state index in [1.165, 1.54) is 19.1 Å². The minimum absolute atomic E-state index is 0.131. The molecule has 0 unspecified atom stereocenters. The number of nitrogens with one attached hydrogen (secondary N) is 2. The zero-order chi connectivity index (χ0) is 23.2. The lowest BCUT2D eigenvalue weighted by atomic mass is 9.81. The number of ketones is 2. The Morgan fingerprint density at radius 2 is 1.34 bits per heavy atom. The van der Waals surface area contributed by atoms with Crippen LogP contribution in [0.5, 0.6) is 11.5 Å². The average Bonchev–Trinajstić information content (AvgIpc) is 2.73. The van der Waals surface area contributed by atoms with E-state index in [1.54, 1.807) is 24.3 Å². The number of nitro groups is 1. The molecule has 160 valence electrons. The van der Waals surface area contributed by atoms with Crippen molar-refractivity contribution in [1.82, 2.24) is 0 Å². The molecule has 0 heterocycles. The monoisotopic (exact) mass is 433 g/mol. The van der Waals surface area contributed by atoms with Crippen molar-refractivity contribution in [3.63, 3.8) is 0 Å². The summed E-state index contributed by atoms with van der Waals surface area (Å²) in [5, 5.41) is 37.5. The predicted molar refractivity (Wildman–Crippen MR) is 114 cm³/mol. The van der Waals surface area contributed by atoms with E-state index in [1.807, 2.05) is 0 Å². The van der Waals surface area contributed by atoms with Gasteiger partial charge in [0.05, 0.1) is 27.3 Å². The summed E-state index contributed by atoms with van der Waals surface area (Å²) in [4.78, 5) is 48.2. The molecule has 4 N–H and O–H groups in total. The molecule has 3 aromatic carbocycles. The Morgan fingerprint density at radius 1 is 0.812 bits per heavy atom. The third-order valence-electron chi connectivity index (χ3n) is 4.93. The first kappa shape index (κ1) is 20.5. The van der Waals surface area contributed by atoms with Crippen molar-refractivity contribution in [2.75, 3.05) is 10.6 Å². The molecule has 0 aliphatic heterocycles. The Hall–Kier alpha value is -4.73. The molecule has 0 radical (unpaired) electrons. The number of phenolic OH excluding ortho intramolecular Hbond substituents is 2. The fraction of sp³-hybridized carbons (Fsp3) is 0.0455. The summed E-state index contributed by atoms with van der Waals surface area (Å²) in [6.45, 7) is 1.37. The Morgan fingerprint density at radius 3 is 1.94 bits per heavy atom. The molecule has 1 aliphatic carbocycles. The summed E-state index contributed by atoms with van der Waals surface area (Å²) in [6.07, 6.45) is 0. The molecular formula is C22H15N3O7. The molecule has 1 amide bonds. The normalized spacial score (nSPS) is 12.0. The molecule has 3 aromatic rings. The van der Waals surface area contributed by atoms with Crippen LogP contribution in [0.3, 0.4) is 0 Å². The number of anilines is 3. The van der Waals surface area contributed by atoms with Crippen LogP contribution in [-0.2, 0) is 4.79 Å². The highest BCUT2D eigenvalue weighted by Crippen LogP contribution is 2.43. The van der Waals surface area contributed by atoms with Crippen LogP contribution in [0.15, 0.2) is 48.5 Å². The number of carbonyl (C=O) groups is 3. The maximum absolute atomic E-state index is 13.3. The fourth-order valence-corrected chi connectivity index (χ4v) is 3.60. The predicted octanol–water partition coefficient (Wildman–Crippen LogP) is 3.48. The second kappa shape index (κ2) is 7.51. The Balaban J connectivity index is 1.84. The van der Waals surface area contributed by atoms with Gasteiger partial charge in [0.2, 0.25) is 17.5 Å². The van der Waals surface area contributed by atoms with Crippen LogP contribution < -0.4 is 10.6 Å². The van der Waals surface area contributed by atoms with E-state index in [9.17, 15) is 34.7 Å². The van der Waals surface area contributed by atoms with Gasteiger partial charge in [0.1, 0.15) is 17.1 Å². The molecule has 0 aromatic heterocycles. The lowest BCUT2D eigenvalue weighted by molar-refractivity contribution is -0.385. The molecule has 32 heavy (non-hydrogen) atoms. The van der Waals surface area contributed by atoms with Gasteiger partial charge < -0.3 is 20.8 Å². The van der Waals surface area contributed by atoms with Crippen LogP contribution in [0.25, 0.3) is 0 Å². The number of rotatable bonds is 4. The van der Waals surface area contributed by atoms with Crippen molar-refractivity contribution in [2.45, 2.75) is 6.92 Å². The summed E-state index contributed by atoms with van der Waals surface area (Å²) in [5.41, 5.74) is -1.14. The number of fused-ring (bicyclic) bond motifs is 2. The fourth-order valence-electron chi connectivity index (χ4n) is 3.60. The van der Waals surface area contributed by atoms with Crippen LogP contribution in [0, 0.1) is 10.1 Å². The molecule has 0 saturated heterocycles. The van der Waals surface area contributed by atoms with Crippen molar-refractivity contribution in [3.05, 3.63) is 80.9 Å². The van der Waals surface area contributed by atoms with Crippen LogP contribution >= 0.6 is 0 Å². The Kier molecular flexibility index (Phi) is 4.82. The molecule has 1 aliphatic rings. The smallest absolute Gasteiger partial charge is 0.281 e. The molecule has 0 saturated carbocycles. The van der Waals surface area contributed by atoms with Gasteiger partial charge in [-0.05, 0) is 42.5 Å². The Labute approximate surface area is 180 Å². The van der Waals surface area contributed by atoms with E-state index in [4.69, 9.17) is 0 Å². The third kappa shape index (κ3) is 3.29. The highest BCUT2D eigenvalue weighted by atomic mass is 16.6. The van der Waals surface area contributed by atoms with Gasteiger partial charge in [-0.2, -0.15) is 0 Å². The highest BCUT2D eigenvalue weighted by Gasteiger charge is 2.40. The largest absolute Gasteiger partial charge is 0.507 e. The minimum atomic E-state index is -0.905. The first-order valence-electron chi connectivity index (χ1n) is 9.29. The SMILES string of the molecule is CC(=O)Nc1ccc(Nc2ccc(O)c3c2C(=O)c2c([N+](=O)[O-])ccc(O)c2C3=O)cc1. The zero-order valence-electron chi connectivity index (χ0n) is 16.5. The van der Waals surface area contributed by atoms with Gasteiger partial charge in [-0.1, -0.05) is 0 Å². The molecular weight excluding hydrogens is 418 g/mol. The van der Waals surface area contributed by atoms with Crippen molar-refractivity contribution < 1.29 is 29.5 Å². The first-order chi connectivity index (χ1) is 15.2. The second-order valence-electron chi connectivity index (χ2n) is 7.03. The van der Waals surface area contributed by atoms with Crippen LogP contribution in [-0.4, -0.2) is 32.6 Å². The van der Waals surface area contributed by atoms with Gasteiger partial charge in [0.25, 0.3) is 5.69 Å². The molecule has 0 spiro atoms. The van der Waals surface area contributed by atoms with E-state index in [2.05, 4.69) is 10.6 Å². The summed E-state index contributed by atoms with van der Waals surface area (Å²) in [5.74, 6) is -3.13.